The lowest BCUT2D eigenvalue weighted by Crippen LogP contribution is -2.11. The number of carbonyl (C=O) groups excluding carboxylic acids is 1. The highest BCUT2D eigenvalue weighted by Crippen LogP contribution is 2.22. The van der Waals surface area contributed by atoms with Gasteiger partial charge >= 0.3 is 0 Å². The van der Waals surface area contributed by atoms with E-state index in [4.69, 9.17) is 5.73 Å². The van der Waals surface area contributed by atoms with Crippen LogP contribution in [-0.2, 0) is 0 Å². The minimum atomic E-state index is -0.146. The molecule has 4 N–H and O–H groups in total. The minimum Gasteiger partial charge on any atom is -0.399 e. The van der Waals surface area contributed by atoms with Gasteiger partial charge in [-0.15, -0.1) is 0 Å². The second-order valence-electron chi connectivity index (χ2n) is 4.83. The van der Waals surface area contributed by atoms with Crippen LogP contribution < -0.4 is 11.1 Å². The Morgan fingerprint density at radius 1 is 1.20 bits per heavy atom. The summed E-state index contributed by atoms with van der Waals surface area (Å²) in [5.74, 6) is -0.146. The molecule has 0 spiro atoms. The average Bonchev–Trinajstić information content (AvgIpc) is 2.81. The minimum absolute atomic E-state index is 0.146. The summed E-state index contributed by atoms with van der Waals surface area (Å²) in [5.41, 5.74) is 9.80. The molecule has 1 amide bonds. The van der Waals surface area contributed by atoms with Gasteiger partial charge in [0.25, 0.3) is 5.91 Å². The van der Waals surface area contributed by atoms with E-state index >= 15 is 0 Å². The molecule has 0 unspecified atom stereocenters. The number of aromatic nitrogens is 1. The van der Waals surface area contributed by atoms with Gasteiger partial charge in [-0.2, -0.15) is 0 Å². The number of aromatic amines is 1. The average molecular weight is 265 g/mol. The predicted molar refractivity (Wildman–Crippen MR) is 81.8 cm³/mol. The van der Waals surface area contributed by atoms with Crippen LogP contribution >= 0.6 is 0 Å². The van der Waals surface area contributed by atoms with Crippen molar-refractivity contribution in [2.75, 3.05) is 11.1 Å². The smallest absolute Gasteiger partial charge is 0.257 e. The highest BCUT2D eigenvalue weighted by atomic mass is 16.1. The van der Waals surface area contributed by atoms with E-state index in [1.807, 2.05) is 37.3 Å². The van der Waals surface area contributed by atoms with E-state index < -0.39 is 0 Å². The van der Waals surface area contributed by atoms with E-state index in [9.17, 15) is 4.79 Å². The van der Waals surface area contributed by atoms with Crippen LogP contribution in [-0.4, -0.2) is 10.9 Å². The second-order valence-corrected chi connectivity index (χ2v) is 4.83. The summed E-state index contributed by atoms with van der Waals surface area (Å²) < 4.78 is 0. The first kappa shape index (κ1) is 12.3. The fraction of sp³-hybridized carbons (Fsp3) is 0.0625. The van der Waals surface area contributed by atoms with Crippen molar-refractivity contribution in [3.05, 3.63) is 59.8 Å². The molecule has 0 bridgehead atoms. The fourth-order valence-corrected chi connectivity index (χ4v) is 2.25. The number of nitrogens with one attached hydrogen (secondary N) is 2. The molecule has 0 atom stereocenters. The molecule has 0 aliphatic rings. The largest absolute Gasteiger partial charge is 0.399 e. The zero-order valence-corrected chi connectivity index (χ0v) is 11.1. The summed E-state index contributed by atoms with van der Waals surface area (Å²) >= 11 is 0. The van der Waals surface area contributed by atoms with E-state index in [-0.39, 0.29) is 5.91 Å². The lowest BCUT2D eigenvalue weighted by Gasteiger charge is -2.05. The normalized spacial score (nSPS) is 10.7. The van der Waals surface area contributed by atoms with Crippen molar-refractivity contribution in [2.24, 2.45) is 0 Å². The lowest BCUT2D eigenvalue weighted by atomic mass is 10.1. The Morgan fingerprint density at radius 3 is 2.85 bits per heavy atom. The first-order valence-electron chi connectivity index (χ1n) is 6.38. The van der Waals surface area contributed by atoms with E-state index in [0.717, 1.165) is 22.2 Å². The first-order chi connectivity index (χ1) is 9.63. The van der Waals surface area contributed by atoms with Crippen molar-refractivity contribution >= 4 is 28.2 Å². The van der Waals surface area contributed by atoms with Gasteiger partial charge < -0.3 is 16.0 Å². The number of fused-ring (bicyclic) bond motifs is 1. The van der Waals surface area contributed by atoms with Crippen LogP contribution in [0.5, 0.6) is 0 Å². The molecule has 4 nitrogen and oxygen atoms in total. The second kappa shape index (κ2) is 4.74. The summed E-state index contributed by atoms with van der Waals surface area (Å²) in [6, 6.07) is 13.2. The molecule has 20 heavy (non-hydrogen) atoms. The van der Waals surface area contributed by atoms with Gasteiger partial charge in [0.1, 0.15) is 0 Å². The quantitative estimate of drug-likeness (QED) is 0.622. The van der Waals surface area contributed by atoms with Crippen molar-refractivity contribution in [3.8, 4) is 0 Å². The van der Waals surface area contributed by atoms with E-state index in [0.29, 0.717) is 11.3 Å². The predicted octanol–water partition coefficient (Wildman–Crippen LogP) is 3.31. The topological polar surface area (TPSA) is 70.9 Å². The van der Waals surface area contributed by atoms with Gasteiger partial charge in [0.05, 0.1) is 5.56 Å². The SMILES string of the molecule is Cc1cccc(NC(=O)c2c[nH]c3ccc(N)cc23)c1. The van der Waals surface area contributed by atoms with Crippen LogP contribution in [0.3, 0.4) is 0 Å². The molecule has 3 rings (SSSR count). The molecule has 0 aliphatic carbocycles. The number of hydrogen-bond acceptors (Lipinski definition) is 2. The van der Waals surface area contributed by atoms with Gasteiger partial charge in [-0.05, 0) is 42.8 Å². The zero-order chi connectivity index (χ0) is 14.1. The Kier molecular flexibility index (Phi) is 2.91. The molecule has 1 aromatic heterocycles. The number of benzene rings is 2. The number of anilines is 2. The molecule has 2 aromatic carbocycles. The van der Waals surface area contributed by atoms with E-state index in [2.05, 4.69) is 10.3 Å². The van der Waals surface area contributed by atoms with Crippen LogP contribution in [0.2, 0.25) is 0 Å². The van der Waals surface area contributed by atoms with Crippen LogP contribution in [0.25, 0.3) is 10.9 Å². The molecule has 0 fully saturated rings. The fourth-order valence-electron chi connectivity index (χ4n) is 2.25. The number of hydrogen-bond donors (Lipinski definition) is 3. The third kappa shape index (κ3) is 2.23. The van der Waals surface area contributed by atoms with Gasteiger partial charge in [0, 0.05) is 28.5 Å². The van der Waals surface area contributed by atoms with Gasteiger partial charge in [-0.25, -0.2) is 0 Å². The Balaban J connectivity index is 1.94. The number of aryl methyl sites for hydroxylation is 1. The third-order valence-corrected chi connectivity index (χ3v) is 3.23. The highest BCUT2D eigenvalue weighted by molar-refractivity contribution is 6.13. The summed E-state index contributed by atoms with van der Waals surface area (Å²) in [5, 5.41) is 3.73. The third-order valence-electron chi connectivity index (χ3n) is 3.23. The molecule has 100 valence electrons. The first-order valence-corrected chi connectivity index (χ1v) is 6.38. The maximum absolute atomic E-state index is 12.3. The zero-order valence-electron chi connectivity index (χ0n) is 11.1. The van der Waals surface area contributed by atoms with Crippen LogP contribution in [0.15, 0.2) is 48.7 Å². The summed E-state index contributed by atoms with van der Waals surface area (Å²) in [4.78, 5) is 15.4. The molecule has 0 aliphatic heterocycles. The van der Waals surface area contributed by atoms with Crippen LogP contribution in [0, 0.1) is 6.92 Å². The van der Waals surface area contributed by atoms with Gasteiger partial charge in [0.15, 0.2) is 0 Å². The standard InChI is InChI=1S/C16H15N3O/c1-10-3-2-4-12(7-10)19-16(20)14-9-18-15-6-5-11(17)8-13(14)15/h2-9,18H,17H2,1H3,(H,19,20). The molecule has 0 saturated heterocycles. The molecular weight excluding hydrogens is 250 g/mol. The van der Waals surface area contributed by atoms with Crippen LogP contribution in [0.4, 0.5) is 11.4 Å². The van der Waals surface area contributed by atoms with Crippen molar-refractivity contribution in [3.63, 3.8) is 0 Å². The molecular formula is C16H15N3O. The van der Waals surface area contributed by atoms with Gasteiger partial charge in [-0.1, -0.05) is 12.1 Å². The number of carbonyl (C=O) groups is 1. The molecule has 3 aromatic rings. The van der Waals surface area contributed by atoms with Crippen molar-refractivity contribution in [2.45, 2.75) is 6.92 Å². The monoisotopic (exact) mass is 265 g/mol. The summed E-state index contributed by atoms with van der Waals surface area (Å²) in [6.45, 7) is 1.99. The number of nitrogen functional groups attached to an aromatic ring is 1. The van der Waals surface area contributed by atoms with Crippen molar-refractivity contribution in [1.29, 1.82) is 0 Å². The number of H-pyrrole nitrogens is 1. The van der Waals surface area contributed by atoms with Crippen molar-refractivity contribution < 1.29 is 4.79 Å². The van der Waals surface area contributed by atoms with E-state index in [1.165, 1.54) is 0 Å². The number of nitrogens with two attached hydrogens (primary N) is 1. The molecule has 0 saturated carbocycles. The van der Waals surface area contributed by atoms with Crippen LogP contribution in [0.1, 0.15) is 15.9 Å². The highest BCUT2D eigenvalue weighted by Gasteiger charge is 2.12. The lowest BCUT2D eigenvalue weighted by molar-refractivity contribution is 0.102. The Bertz CT molecular complexity index is 789. The Morgan fingerprint density at radius 2 is 2.05 bits per heavy atom. The molecule has 0 radical (unpaired) electrons. The van der Waals surface area contributed by atoms with Crippen molar-refractivity contribution in [1.82, 2.24) is 4.98 Å². The maximum atomic E-state index is 12.3. The molecule has 1 heterocycles. The Hall–Kier alpha value is -2.75. The summed E-state index contributed by atoms with van der Waals surface area (Å²) in [6.07, 6.45) is 1.70. The molecule has 4 heteroatoms. The van der Waals surface area contributed by atoms with E-state index in [1.54, 1.807) is 18.3 Å². The number of amides is 1. The Labute approximate surface area is 116 Å². The van der Waals surface area contributed by atoms with Gasteiger partial charge in [0.2, 0.25) is 0 Å². The maximum Gasteiger partial charge on any atom is 0.257 e. The van der Waals surface area contributed by atoms with Gasteiger partial charge in [-0.3, -0.25) is 4.79 Å². The summed E-state index contributed by atoms with van der Waals surface area (Å²) in [7, 11) is 0. The number of rotatable bonds is 2.